The minimum Gasteiger partial charge on any atom is -0.487 e. The van der Waals surface area contributed by atoms with Gasteiger partial charge in [-0.15, -0.1) is 0 Å². The molecule has 0 atom stereocenters. The summed E-state index contributed by atoms with van der Waals surface area (Å²) in [5, 5.41) is 20.8. The number of ether oxygens (including phenoxy) is 2. The number of aromatic carboxylic acids is 1. The van der Waals surface area contributed by atoms with Gasteiger partial charge in [0.15, 0.2) is 5.56 Å². The Labute approximate surface area is 226 Å². The van der Waals surface area contributed by atoms with Crippen molar-refractivity contribution in [1.82, 2.24) is 9.55 Å². The summed E-state index contributed by atoms with van der Waals surface area (Å²) in [6, 6.07) is 27.1. The lowest BCUT2D eigenvalue weighted by molar-refractivity contribution is 0.0684. The van der Waals surface area contributed by atoms with Crippen molar-refractivity contribution in [2.75, 3.05) is 0 Å². The van der Waals surface area contributed by atoms with Crippen LogP contribution in [0.3, 0.4) is 0 Å². The van der Waals surface area contributed by atoms with Gasteiger partial charge in [-0.25, -0.2) is 9.78 Å². The van der Waals surface area contributed by atoms with E-state index in [9.17, 15) is 15.2 Å². The first-order valence-corrected chi connectivity index (χ1v) is 12.6. The Morgan fingerprint density at radius 1 is 0.974 bits per heavy atom. The lowest BCUT2D eigenvalue weighted by Gasteiger charge is -2.20. The number of carboxylic acid groups (broad SMARTS) is 1. The minimum atomic E-state index is -1.18. The number of hydrogen-bond acceptors (Lipinski definition) is 5. The number of aromatic nitrogens is 2. The molecule has 5 rings (SSSR count). The number of carbonyl (C=O) groups is 1. The van der Waals surface area contributed by atoms with Crippen molar-refractivity contribution in [1.29, 1.82) is 5.26 Å². The lowest BCUT2D eigenvalue weighted by atomic mass is 9.98. The maximum Gasteiger partial charge on any atom is 0.345 e. The maximum absolute atomic E-state index is 12.6. The molecule has 3 aromatic carbocycles. The summed E-state index contributed by atoms with van der Waals surface area (Å²) >= 11 is 0. The van der Waals surface area contributed by atoms with E-state index in [-0.39, 0.29) is 30.4 Å². The SMILES string of the molecule is CCc1c(-c2ccc3c(c2)c(C#N)cn3C)nc(OCc2ccccc2)c(C(=O)O)c1OCc1ccccc1. The number of nitrogens with zero attached hydrogens (tertiary/aromatic N) is 3. The van der Waals surface area contributed by atoms with Gasteiger partial charge in [-0.05, 0) is 29.7 Å². The zero-order chi connectivity index (χ0) is 27.4. The zero-order valence-electron chi connectivity index (χ0n) is 21.7. The minimum absolute atomic E-state index is 0.0183. The number of benzene rings is 3. The third kappa shape index (κ3) is 5.18. The van der Waals surface area contributed by atoms with Crippen LogP contribution < -0.4 is 9.47 Å². The molecule has 194 valence electrons. The first-order valence-electron chi connectivity index (χ1n) is 12.6. The fraction of sp³-hybridized carbons (Fsp3) is 0.156. The van der Waals surface area contributed by atoms with E-state index < -0.39 is 5.97 Å². The highest BCUT2D eigenvalue weighted by Gasteiger charge is 2.27. The molecule has 0 aliphatic carbocycles. The number of hydrogen-bond donors (Lipinski definition) is 1. The van der Waals surface area contributed by atoms with Gasteiger partial charge in [0.25, 0.3) is 0 Å². The largest absolute Gasteiger partial charge is 0.487 e. The molecule has 0 amide bonds. The molecule has 7 heteroatoms. The smallest absolute Gasteiger partial charge is 0.345 e. The van der Waals surface area contributed by atoms with Gasteiger partial charge in [0.05, 0.1) is 11.3 Å². The van der Waals surface area contributed by atoms with Gasteiger partial charge in [-0.2, -0.15) is 5.26 Å². The van der Waals surface area contributed by atoms with E-state index in [2.05, 4.69) is 6.07 Å². The van der Waals surface area contributed by atoms with E-state index in [4.69, 9.17) is 14.5 Å². The molecule has 2 aromatic heterocycles. The second kappa shape index (κ2) is 11.1. The van der Waals surface area contributed by atoms with Crippen LogP contribution in [0.25, 0.3) is 22.2 Å². The number of pyridine rings is 1. The molecular weight excluding hydrogens is 490 g/mol. The average molecular weight is 518 g/mol. The second-order valence-electron chi connectivity index (χ2n) is 9.15. The van der Waals surface area contributed by atoms with Crippen molar-refractivity contribution in [3.63, 3.8) is 0 Å². The van der Waals surface area contributed by atoms with Crippen LogP contribution in [0, 0.1) is 11.3 Å². The Kier molecular flexibility index (Phi) is 7.28. The maximum atomic E-state index is 12.6. The highest BCUT2D eigenvalue weighted by atomic mass is 16.5. The van der Waals surface area contributed by atoms with Crippen LogP contribution in [0.15, 0.2) is 85.1 Å². The van der Waals surface area contributed by atoms with E-state index in [0.29, 0.717) is 23.2 Å². The van der Waals surface area contributed by atoms with E-state index >= 15 is 0 Å². The Bertz CT molecular complexity index is 1690. The summed E-state index contributed by atoms with van der Waals surface area (Å²) in [4.78, 5) is 17.4. The standard InChI is InChI=1S/C32H27N3O4/c1-3-25-29(23-14-15-27-26(16-23)24(17-33)18-35(27)2)34-31(39-20-22-12-8-5-9-13-22)28(32(36)37)30(25)38-19-21-10-6-4-7-11-21/h4-16,18H,3,19-20H2,1-2H3,(H,36,37). The molecule has 7 nitrogen and oxygen atoms in total. The Morgan fingerprint density at radius 2 is 1.62 bits per heavy atom. The molecule has 39 heavy (non-hydrogen) atoms. The molecule has 0 aliphatic heterocycles. The van der Waals surface area contributed by atoms with E-state index in [1.165, 1.54) is 0 Å². The van der Waals surface area contributed by atoms with Crippen molar-refractivity contribution in [3.8, 4) is 29.0 Å². The molecule has 0 saturated carbocycles. The molecule has 0 aliphatic rings. The molecule has 0 unspecified atom stereocenters. The summed E-state index contributed by atoms with van der Waals surface area (Å²) in [5.41, 5.74) is 5.10. The summed E-state index contributed by atoms with van der Waals surface area (Å²) in [6.07, 6.45) is 2.27. The Morgan fingerprint density at radius 3 is 2.21 bits per heavy atom. The van der Waals surface area contributed by atoms with Gasteiger partial charge in [0.2, 0.25) is 5.88 Å². The highest BCUT2D eigenvalue weighted by Crippen LogP contribution is 2.39. The molecule has 0 fully saturated rings. The van der Waals surface area contributed by atoms with Crippen LogP contribution in [0.4, 0.5) is 0 Å². The molecule has 0 radical (unpaired) electrons. The predicted octanol–water partition coefficient (Wildman–Crippen LogP) is 6.53. The number of nitriles is 1. The van der Waals surface area contributed by atoms with Gasteiger partial charge < -0.3 is 19.1 Å². The first-order chi connectivity index (χ1) is 19.0. The number of fused-ring (bicyclic) bond motifs is 1. The fourth-order valence-electron chi connectivity index (χ4n) is 4.68. The normalized spacial score (nSPS) is 10.8. The van der Waals surface area contributed by atoms with Crippen molar-refractivity contribution >= 4 is 16.9 Å². The summed E-state index contributed by atoms with van der Waals surface area (Å²) < 4.78 is 14.2. The van der Waals surface area contributed by atoms with Crippen molar-refractivity contribution in [2.45, 2.75) is 26.6 Å². The molecule has 0 bridgehead atoms. The quantitative estimate of drug-likeness (QED) is 0.239. The lowest BCUT2D eigenvalue weighted by Crippen LogP contribution is -2.12. The third-order valence-corrected chi connectivity index (χ3v) is 6.61. The summed E-state index contributed by atoms with van der Waals surface area (Å²) in [5.74, 6) is -0.967. The van der Waals surface area contributed by atoms with Gasteiger partial charge in [0.1, 0.15) is 25.0 Å². The summed E-state index contributed by atoms with van der Waals surface area (Å²) in [6.45, 7) is 2.27. The number of rotatable bonds is 9. The van der Waals surface area contributed by atoms with Crippen LogP contribution in [0.2, 0.25) is 0 Å². The third-order valence-electron chi connectivity index (χ3n) is 6.61. The first kappa shape index (κ1) is 25.6. The predicted molar refractivity (Wildman–Crippen MR) is 149 cm³/mol. The Hall–Kier alpha value is -5.09. The molecule has 0 spiro atoms. The summed E-state index contributed by atoms with van der Waals surface area (Å²) in [7, 11) is 1.89. The molecular formula is C32H27N3O4. The van der Waals surface area contributed by atoms with Gasteiger partial charge in [-0.1, -0.05) is 73.7 Å². The fourth-order valence-corrected chi connectivity index (χ4v) is 4.68. The molecule has 5 aromatic rings. The molecule has 0 saturated heterocycles. The highest BCUT2D eigenvalue weighted by molar-refractivity contribution is 5.96. The Balaban J connectivity index is 1.68. The van der Waals surface area contributed by atoms with Crippen LogP contribution in [-0.2, 0) is 26.7 Å². The van der Waals surface area contributed by atoms with Crippen LogP contribution in [0.5, 0.6) is 11.6 Å². The monoisotopic (exact) mass is 517 g/mol. The zero-order valence-corrected chi connectivity index (χ0v) is 21.7. The van der Waals surface area contributed by atoms with Crippen LogP contribution in [0.1, 0.15) is 39.5 Å². The van der Waals surface area contributed by atoms with Crippen molar-refractivity contribution in [2.24, 2.45) is 7.05 Å². The van der Waals surface area contributed by atoms with E-state index in [0.717, 1.165) is 27.6 Å². The van der Waals surface area contributed by atoms with Gasteiger partial charge >= 0.3 is 5.97 Å². The van der Waals surface area contributed by atoms with Crippen molar-refractivity contribution < 1.29 is 19.4 Å². The van der Waals surface area contributed by atoms with E-state index in [1.54, 1.807) is 6.20 Å². The van der Waals surface area contributed by atoms with Gasteiger partial charge in [0, 0.05) is 35.3 Å². The topological polar surface area (TPSA) is 97.4 Å². The van der Waals surface area contributed by atoms with E-state index in [1.807, 2.05) is 97.4 Å². The van der Waals surface area contributed by atoms with Crippen LogP contribution >= 0.6 is 0 Å². The number of carboxylic acids is 1. The molecule has 2 heterocycles. The molecule has 1 N–H and O–H groups in total. The second-order valence-corrected chi connectivity index (χ2v) is 9.15. The van der Waals surface area contributed by atoms with Gasteiger partial charge in [-0.3, -0.25) is 0 Å². The number of aryl methyl sites for hydroxylation is 1. The van der Waals surface area contributed by atoms with Crippen molar-refractivity contribution in [3.05, 3.63) is 113 Å². The van der Waals surface area contributed by atoms with Crippen LogP contribution in [-0.4, -0.2) is 20.6 Å². The average Bonchev–Trinajstić information content (AvgIpc) is 3.29.